The number of aliphatic hydroxyl groups is 1. The molecule has 24 heteroatoms. The van der Waals surface area contributed by atoms with E-state index in [1.54, 1.807) is 75.3 Å². The van der Waals surface area contributed by atoms with Gasteiger partial charge in [-0.1, -0.05) is 116 Å². The van der Waals surface area contributed by atoms with Gasteiger partial charge in [-0.05, 0) is 101 Å². The summed E-state index contributed by atoms with van der Waals surface area (Å²) >= 11 is 0. The van der Waals surface area contributed by atoms with Gasteiger partial charge in [0.15, 0.2) is 0 Å². The maximum atomic E-state index is 15.3. The summed E-state index contributed by atoms with van der Waals surface area (Å²) in [6.07, 6.45) is 3.31. The lowest BCUT2D eigenvalue weighted by Gasteiger charge is -2.42. The van der Waals surface area contributed by atoms with Crippen LogP contribution in [0.3, 0.4) is 0 Å². The molecule has 24 nitrogen and oxygen atoms in total. The van der Waals surface area contributed by atoms with Crippen LogP contribution in [-0.4, -0.2) is 240 Å². The molecule has 0 aromatic heterocycles. The maximum Gasteiger partial charge on any atom is 0.246 e. The highest BCUT2D eigenvalue weighted by molar-refractivity contribution is 6.00. The number of hydrogen-bond acceptors (Lipinski definition) is 13. The van der Waals surface area contributed by atoms with Crippen LogP contribution in [0.2, 0.25) is 0 Å². The van der Waals surface area contributed by atoms with Crippen LogP contribution in [0, 0.1) is 47.3 Å². The number of likely N-dealkylation sites (N-methyl/N-ethyl adjacent to an activating group) is 7. The van der Waals surface area contributed by atoms with Crippen molar-refractivity contribution in [2.45, 2.75) is 236 Å². The highest BCUT2D eigenvalue weighted by Crippen LogP contribution is 2.27. The van der Waals surface area contributed by atoms with Crippen molar-refractivity contribution in [3.05, 3.63) is 12.2 Å². The van der Waals surface area contributed by atoms with Crippen molar-refractivity contribution in [3.63, 3.8) is 0 Å². The number of carbonyl (C=O) groups excluding carboxylic acids is 11. The summed E-state index contributed by atoms with van der Waals surface area (Å²) in [6.45, 7) is 31.5. The fourth-order valence-corrected chi connectivity index (χ4v) is 11.9. The molecule has 1 saturated heterocycles. The Morgan fingerprint density at radius 2 is 0.889 bits per heavy atom. The molecule has 0 bridgehead atoms. The van der Waals surface area contributed by atoms with Crippen LogP contribution in [0.5, 0.6) is 0 Å². The van der Waals surface area contributed by atoms with Gasteiger partial charge < -0.3 is 65.4 Å². The first-order valence-electron chi connectivity index (χ1n) is 32.5. The Balaban J connectivity index is 4.50. The fraction of sp³-hybridized carbons (Fsp3) is 0.803. The summed E-state index contributed by atoms with van der Waals surface area (Å²) in [4.78, 5) is 172. The number of aliphatic hydroxyl groups excluding tert-OH is 1. The Morgan fingerprint density at radius 3 is 1.32 bits per heavy atom. The second-order valence-corrected chi connectivity index (χ2v) is 27.6. The zero-order chi connectivity index (χ0) is 69.8. The predicted octanol–water partition coefficient (Wildman–Crippen LogP) is 3.92. The van der Waals surface area contributed by atoms with Crippen molar-refractivity contribution < 1.29 is 62.6 Å². The number of amides is 11. The van der Waals surface area contributed by atoms with E-state index in [-0.39, 0.29) is 50.0 Å². The van der Waals surface area contributed by atoms with Crippen molar-refractivity contribution in [1.29, 1.82) is 0 Å². The third-order valence-electron chi connectivity index (χ3n) is 17.4. The van der Waals surface area contributed by atoms with Gasteiger partial charge in [-0.3, -0.25) is 52.7 Å². The molecule has 1 heterocycles. The molecule has 14 atom stereocenters. The van der Waals surface area contributed by atoms with Crippen molar-refractivity contribution in [1.82, 2.24) is 55.6 Å². The predicted molar refractivity (Wildman–Crippen MR) is 348 cm³/mol. The van der Waals surface area contributed by atoms with Gasteiger partial charge in [0.2, 0.25) is 65.0 Å². The summed E-state index contributed by atoms with van der Waals surface area (Å²) in [6, 6.07) is -13.9. The number of hydrogen-bond donors (Lipinski definition) is 5. The molecule has 1 aliphatic rings. The second kappa shape index (κ2) is 37.4. The van der Waals surface area contributed by atoms with E-state index in [0.29, 0.717) is 12.8 Å². The monoisotopic (exact) mass is 1270 g/mol. The third kappa shape index (κ3) is 22.0. The average molecular weight is 1270 g/mol. The van der Waals surface area contributed by atoms with Crippen molar-refractivity contribution in [2.75, 3.05) is 63.1 Å². The van der Waals surface area contributed by atoms with Gasteiger partial charge >= 0.3 is 0 Å². The Morgan fingerprint density at radius 1 is 0.467 bits per heavy atom. The molecule has 0 aromatic rings. The number of nitrogens with one attached hydrogen (secondary N) is 4. The Kier molecular flexibility index (Phi) is 34.0. The molecule has 0 radical (unpaired) electrons. The highest BCUT2D eigenvalue weighted by Gasteiger charge is 2.47. The number of nitrogens with zero attached hydrogens (tertiary/aromatic N) is 7. The summed E-state index contributed by atoms with van der Waals surface area (Å²) in [5.74, 6) is -10.9. The van der Waals surface area contributed by atoms with Crippen LogP contribution in [0.4, 0.5) is 0 Å². The molecule has 0 aliphatic carbocycles. The first-order chi connectivity index (χ1) is 41.6. The Bertz CT molecular complexity index is 2450. The van der Waals surface area contributed by atoms with Gasteiger partial charge in [-0.25, -0.2) is 0 Å². The summed E-state index contributed by atoms with van der Waals surface area (Å²) in [7, 11) is 11.4. The lowest BCUT2D eigenvalue weighted by molar-refractivity contribution is -0.157. The number of allylic oxidation sites excluding steroid dienone is 2. The van der Waals surface area contributed by atoms with Crippen molar-refractivity contribution >= 4 is 65.0 Å². The van der Waals surface area contributed by atoms with Gasteiger partial charge in [0.1, 0.15) is 66.5 Å². The Hall–Kier alpha value is -6.17. The lowest BCUT2D eigenvalue weighted by atomic mass is 9.91. The topological polar surface area (TPSA) is 288 Å². The minimum atomic E-state index is -1.64. The number of methoxy groups -OCH3 is 1. The zero-order valence-corrected chi connectivity index (χ0v) is 59.6. The van der Waals surface area contributed by atoms with Crippen LogP contribution in [0.1, 0.15) is 163 Å². The van der Waals surface area contributed by atoms with E-state index >= 15 is 24.0 Å². The minimum absolute atomic E-state index is 0.00229. The third-order valence-corrected chi connectivity index (χ3v) is 17.4. The van der Waals surface area contributed by atoms with E-state index in [4.69, 9.17) is 4.74 Å². The van der Waals surface area contributed by atoms with Gasteiger partial charge in [0, 0.05) is 62.4 Å². The molecule has 0 saturated carbocycles. The normalized spacial score (nSPS) is 27.3. The van der Waals surface area contributed by atoms with Crippen molar-refractivity contribution in [2.24, 2.45) is 47.3 Å². The van der Waals surface area contributed by atoms with E-state index in [2.05, 4.69) is 21.3 Å². The molecule has 1 unspecified atom stereocenters. The molecule has 0 aromatic carbocycles. The second-order valence-electron chi connectivity index (χ2n) is 27.6. The smallest absolute Gasteiger partial charge is 0.246 e. The molecular formula is C66H119N11O13. The molecule has 11 amide bonds. The summed E-state index contributed by atoms with van der Waals surface area (Å²) < 4.78 is 5.51. The quantitative estimate of drug-likeness (QED) is 0.122. The first kappa shape index (κ1) is 81.8. The van der Waals surface area contributed by atoms with Gasteiger partial charge in [-0.2, -0.15) is 0 Å². The van der Waals surface area contributed by atoms with Crippen LogP contribution < -0.4 is 21.3 Å². The standard InChI is InChI=1S/C66H119N11O13/c1-27-29-30-42(15)55(78)54-59(82)69-46(28-2)61(84)74(22)51(40(11)12)65(88)76(24)53(43(16)35-90-26)58(81)70-50(39(9)10)64(87)71(19)47(32-31-36(3)4)57(80)67-44(17)56(79)68-45(18)60(83)72(20)48(33-37(5)6)62(85)73(21)49(34-38(7)8)63(86)75(23)52(41(13)14)66(89)77(54)25/h27,29,36-55,78H,28,30-35H2,1-26H3,(H,67,80)(H,68,79)(H,69,82)(H,70,81)/b29-27+/t42-,43-,44+,45-,46+,47+,48+,49+,50+,51-,52+,53+,54?,55-/m1/s1. The minimum Gasteiger partial charge on any atom is -0.390 e. The molecule has 5 N–H and O–H groups in total. The van der Waals surface area contributed by atoms with Crippen LogP contribution in [0.15, 0.2) is 12.2 Å². The molecule has 516 valence electrons. The molecule has 90 heavy (non-hydrogen) atoms. The number of ether oxygens (including phenoxy) is 1. The van der Waals surface area contributed by atoms with Crippen LogP contribution in [0.25, 0.3) is 0 Å². The largest absolute Gasteiger partial charge is 0.390 e. The van der Waals surface area contributed by atoms with Crippen LogP contribution >= 0.6 is 0 Å². The zero-order valence-electron chi connectivity index (χ0n) is 59.6. The first-order valence-corrected chi connectivity index (χ1v) is 32.5. The van der Waals surface area contributed by atoms with Crippen LogP contribution in [-0.2, 0) is 57.5 Å². The molecule has 0 spiro atoms. The SMILES string of the molecule is C/C=C/C[C@@H](C)[C@@H](O)C1C(=O)N[C@@H](CC)C(=O)N(C)[C@H](C(C)C)C(=O)N(C)[C@@H]([C@H](C)COC)C(=O)N[C@@H](C(C)C)C(=O)N(C)[C@@H](CCC(C)C)C(=O)N[C@@H](C)C(=O)N[C@H](C)C(=O)N(C)[C@@H](CC(C)C)C(=O)N(C)[C@@H](CC(C)C)C(=O)N(C)[C@@H](C(C)C)C(=O)N1C. The van der Waals surface area contributed by atoms with Crippen molar-refractivity contribution in [3.8, 4) is 0 Å². The fourth-order valence-electron chi connectivity index (χ4n) is 11.9. The average Bonchev–Trinajstić information content (AvgIpc) is 0.851. The molecule has 1 rings (SSSR count). The van der Waals surface area contributed by atoms with E-state index < -0.39 is 167 Å². The van der Waals surface area contributed by atoms with Gasteiger partial charge in [0.05, 0.1) is 12.7 Å². The maximum absolute atomic E-state index is 15.3. The van der Waals surface area contributed by atoms with E-state index in [1.807, 2.05) is 47.6 Å². The number of rotatable bonds is 18. The molecular weight excluding hydrogens is 1150 g/mol. The summed E-state index contributed by atoms with van der Waals surface area (Å²) in [5, 5.41) is 23.3. The highest BCUT2D eigenvalue weighted by atomic mass is 16.5. The molecule has 1 fully saturated rings. The number of carbonyl (C=O) groups is 11. The Labute approximate surface area is 539 Å². The van der Waals surface area contributed by atoms with E-state index in [0.717, 1.165) is 4.90 Å². The summed E-state index contributed by atoms with van der Waals surface area (Å²) in [5.41, 5.74) is 0. The van der Waals surface area contributed by atoms with Gasteiger partial charge in [0.25, 0.3) is 0 Å². The van der Waals surface area contributed by atoms with E-state index in [9.17, 15) is 33.9 Å². The van der Waals surface area contributed by atoms with E-state index in [1.165, 1.54) is 99.7 Å². The lowest BCUT2D eigenvalue weighted by Crippen LogP contribution is -2.64. The molecule has 1 aliphatic heterocycles. The van der Waals surface area contributed by atoms with Gasteiger partial charge in [-0.15, -0.1) is 0 Å².